The van der Waals surface area contributed by atoms with Crippen LogP contribution < -0.4 is 20.9 Å². The molecule has 1 aromatic rings. The van der Waals surface area contributed by atoms with Crippen LogP contribution in [0.2, 0.25) is 0 Å². The highest BCUT2D eigenvalue weighted by Crippen LogP contribution is 2.31. The molecule has 0 aliphatic carbocycles. The van der Waals surface area contributed by atoms with Crippen LogP contribution >= 0.6 is 0 Å². The van der Waals surface area contributed by atoms with Crippen molar-refractivity contribution in [3.63, 3.8) is 0 Å². The van der Waals surface area contributed by atoms with Crippen LogP contribution in [0.25, 0.3) is 0 Å². The highest BCUT2D eigenvalue weighted by molar-refractivity contribution is 7.80. The minimum absolute atomic E-state index is 0.0180. The molecule has 2 fully saturated rings. The van der Waals surface area contributed by atoms with Gasteiger partial charge in [-0.15, -0.1) is 4.28 Å². The second kappa shape index (κ2) is 20.7. The summed E-state index contributed by atoms with van der Waals surface area (Å²) in [5.74, 6) is -1.24. The zero-order chi connectivity index (χ0) is 39.1. The lowest BCUT2D eigenvalue weighted by molar-refractivity contribution is -0.929. The van der Waals surface area contributed by atoms with Gasteiger partial charge >= 0.3 is 16.4 Å². The molecule has 0 radical (unpaired) electrons. The van der Waals surface area contributed by atoms with Gasteiger partial charge < -0.3 is 24.2 Å². The van der Waals surface area contributed by atoms with Crippen LogP contribution in [-0.2, 0) is 30.7 Å². The van der Waals surface area contributed by atoms with Gasteiger partial charge in [-0.05, 0) is 77.0 Å². The van der Waals surface area contributed by atoms with Crippen molar-refractivity contribution in [2.24, 2.45) is 0 Å². The molecule has 15 nitrogen and oxygen atoms in total. The number of piperidine rings is 1. The number of amides is 5. The molecule has 2 bridgehead atoms. The van der Waals surface area contributed by atoms with Crippen molar-refractivity contribution in [2.75, 3.05) is 37.6 Å². The number of fused-ring (bicyclic) bond motifs is 2. The maximum Gasteiger partial charge on any atom is 0.418 e. The number of nitrogens with zero attached hydrogens (tertiary/aromatic N) is 4. The molecule has 0 unspecified atom stereocenters. The molecule has 0 spiro atoms. The number of nitrogens with one attached hydrogen (secondary N) is 2. The second-order valence-corrected chi connectivity index (χ2v) is 15.8. The van der Waals surface area contributed by atoms with Crippen molar-refractivity contribution in [1.82, 2.24) is 20.8 Å². The predicted octanol–water partition coefficient (Wildman–Crippen LogP) is 4.33. The number of anilines is 1. The monoisotopic (exact) mass is 754 g/mol. The average Bonchev–Trinajstić information content (AvgIpc) is 3.30. The number of hydroxylamine groups is 2. The zero-order valence-corrected chi connectivity index (χ0v) is 33.0. The number of benzene rings is 1. The van der Waals surface area contributed by atoms with Gasteiger partial charge in [0.2, 0.25) is 5.91 Å². The highest BCUT2D eigenvalue weighted by Gasteiger charge is 2.49. The molecule has 2 aliphatic rings. The Hall–Kier alpha value is -3.47. The van der Waals surface area contributed by atoms with Crippen LogP contribution in [0.5, 0.6) is 0 Å². The van der Waals surface area contributed by atoms with Crippen molar-refractivity contribution in [1.29, 1.82) is 0 Å². The number of rotatable bonds is 18. The number of carboxylic acid groups (broad SMARTS) is 1. The molecular formula is C36H62N6O9S. The Kier molecular flexibility index (Phi) is 17.8. The van der Waals surface area contributed by atoms with Crippen LogP contribution in [0.4, 0.5) is 15.3 Å². The van der Waals surface area contributed by atoms with Crippen LogP contribution in [0.3, 0.4) is 0 Å². The zero-order valence-electron chi connectivity index (χ0n) is 32.2. The highest BCUT2D eigenvalue weighted by atomic mass is 32.3. The Balaban J connectivity index is 0.000000465. The average molecular weight is 755 g/mol. The van der Waals surface area contributed by atoms with Gasteiger partial charge in [-0.1, -0.05) is 65.5 Å². The lowest BCUT2D eigenvalue weighted by atomic mass is 10.0. The summed E-state index contributed by atoms with van der Waals surface area (Å²) in [6.45, 7) is 20.2. The van der Waals surface area contributed by atoms with Gasteiger partial charge in [-0.3, -0.25) is 25.0 Å². The minimum atomic E-state index is -4.90. The Morgan fingerprint density at radius 3 is 1.83 bits per heavy atom. The maximum absolute atomic E-state index is 12.5. The van der Waals surface area contributed by atoms with E-state index in [0.29, 0.717) is 16.3 Å². The lowest BCUT2D eigenvalue weighted by Crippen LogP contribution is -2.54. The molecule has 0 aromatic heterocycles. The second-order valence-electron chi connectivity index (χ2n) is 14.8. The summed E-state index contributed by atoms with van der Waals surface area (Å²) in [7, 11) is -4.90. The third kappa shape index (κ3) is 13.8. The van der Waals surface area contributed by atoms with Crippen molar-refractivity contribution >= 4 is 40.0 Å². The topological polar surface area (TPSA) is 189 Å². The molecule has 5 amide bonds. The smallest absolute Gasteiger partial charge is 0.418 e. The van der Waals surface area contributed by atoms with E-state index in [2.05, 4.69) is 42.8 Å². The molecule has 2 saturated heterocycles. The molecule has 1 aromatic carbocycles. The van der Waals surface area contributed by atoms with E-state index in [-0.39, 0.29) is 25.8 Å². The molecule has 16 heteroatoms. The Bertz CT molecular complexity index is 1380. The molecule has 0 saturated carbocycles. The number of hydrogen-bond donors (Lipinski definition) is 3. The van der Waals surface area contributed by atoms with Gasteiger partial charge in [0.15, 0.2) is 0 Å². The third-order valence-electron chi connectivity index (χ3n) is 9.48. The fraction of sp³-hybridized carbons (Fsp3) is 0.722. The standard InChI is InChI=1S/C20H27N5O9S.C16H36N/c1-20(2,3)24(19(29)30)13-6-4-12(5-7-13)10-16(26)21-22-17(27)15-9-8-14-11-23(15)18(28)25(14)34-35(31,32)33;1-5-9-13-17(14-10-6-2,15-11-7-3)16-12-8-4/h4-7,14-15H,8-11H2,1-3H3,(H,21,26)(H,22,27)(H,29,30)(H,31,32,33);5-16H2,1-4H3/q;+1/p-1/t14-,15+;/m1./s1. The van der Waals surface area contributed by atoms with Crippen LogP contribution in [0.1, 0.15) is 118 Å². The van der Waals surface area contributed by atoms with E-state index < -0.39 is 52.0 Å². The number of hydrazine groups is 1. The van der Waals surface area contributed by atoms with E-state index in [9.17, 15) is 32.7 Å². The van der Waals surface area contributed by atoms with E-state index >= 15 is 0 Å². The largest absolute Gasteiger partial charge is 0.530 e. The molecule has 296 valence electrons. The summed E-state index contributed by atoms with van der Waals surface area (Å²) in [5, 5.41) is 12.0. The quantitative estimate of drug-likeness (QED) is 0.111. The van der Waals surface area contributed by atoms with E-state index in [4.69, 9.17) is 4.55 Å². The van der Waals surface area contributed by atoms with Gasteiger partial charge in [0.05, 0.1) is 38.6 Å². The summed E-state index contributed by atoms with van der Waals surface area (Å²) in [4.78, 5) is 50.9. The first-order valence-corrected chi connectivity index (χ1v) is 20.1. The van der Waals surface area contributed by atoms with Crippen molar-refractivity contribution in [3.8, 4) is 0 Å². The number of unbranched alkanes of at least 4 members (excludes halogenated alkanes) is 4. The summed E-state index contributed by atoms with van der Waals surface area (Å²) in [5.41, 5.74) is 4.72. The fourth-order valence-electron chi connectivity index (χ4n) is 6.72. The molecule has 2 heterocycles. The van der Waals surface area contributed by atoms with E-state index in [1.807, 2.05) is 0 Å². The fourth-order valence-corrected chi connectivity index (χ4v) is 7.11. The molecular weight excluding hydrogens is 692 g/mol. The molecule has 52 heavy (non-hydrogen) atoms. The first kappa shape index (κ1) is 44.7. The Labute approximate surface area is 310 Å². The Morgan fingerprint density at radius 1 is 0.904 bits per heavy atom. The summed E-state index contributed by atoms with van der Waals surface area (Å²) in [6, 6.07) is 3.73. The number of carbonyl (C=O) groups is 4. The molecule has 2 aliphatic heterocycles. The summed E-state index contributed by atoms with van der Waals surface area (Å²) >= 11 is 0. The summed E-state index contributed by atoms with van der Waals surface area (Å²) in [6.07, 6.45) is 10.0. The molecule has 3 N–H and O–H groups in total. The van der Waals surface area contributed by atoms with Crippen LogP contribution in [0.15, 0.2) is 24.3 Å². The van der Waals surface area contributed by atoms with E-state index in [0.717, 1.165) is 9.80 Å². The van der Waals surface area contributed by atoms with Gasteiger partial charge in [0.25, 0.3) is 5.91 Å². The Morgan fingerprint density at radius 2 is 1.40 bits per heavy atom. The van der Waals surface area contributed by atoms with Crippen molar-refractivity contribution in [3.05, 3.63) is 29.8 Å². The van der Waals surface area contributed by atoms with Crippen LogP contribution in [-0.4, -0.2) is 102 Å². The number of hydrogen-bond acceptors (Lipinski definition) is 8. The van der Waals surface area contributed by atoms with Crippen molar-refractivity contribution < 1.29 is 46.0 Å². The first-order valence-electron chi connectivity index (χ1n) is 18.7. The lowest BCUT2D eigenvalue weighted by Gasteiger charge is -2.39. The van der Waals surface area contributed by atoms with E-state index in [1.54, 1.807) is 45.0 Å². The maximum atomic E-state index is 12.5. The first-order chi connectivity index (χ1) is 24.4. The normalized spacial score (nSPS) is 17.3. The minimum Gasteiger partial charge on any atom is -0.530 e. The van der Waals surface area contributed by atoms with Gasteiger partial charge in [-0.25, -0.2) is 4.79 Å². The number of quaternary nitrogens is 1. The van der Waals surface area contributed by atoms with Gasteiger partial charge in [-0.2, -0.15) is 13.5 Å². The van der Waals surface area contributed by atoms with E-state index in [1.165, 1.54) is 82.0 Å². The third-order valence-corrected chi connectivity index (χ3v) is 9.83. The predicted molar refractivity (Wildman–Crippen MR) is 197 cm³/mol. The summed E-state index contributed by atoms with van der Waals surface area (Å²) < 4.78 is 36.5. The number of carbonyl (C=O) groups excluding carboxylic acids is 4. The molecule has 3 rings (SSSR count). The molecule has 2 atom stereocenters. The van der Waals surface area contributed by atoms with Crippen molar-refractivity contribution in [2.45, 2.75) is 137 Å². The van der Waals surface area contributed by atoms with Crippen LogP contribution in [0, 0.1) is 0 Å². The SMILES string of the molecule is CC(C)(C)N(C(=O)[O-])c1ccc(CC(=O)NNC(=O)[C@@H]2CC[C@@H]3CN2C(=O)N3OS(=O)(=O)O)cc1.CCCC[N+](CCCC)(CCCC)CCCC. The number of urea groups is 1. The van der Waals surface area contributed by atoms with Gasteiger partial charge in [0.1, 0.15) is 12.1 Å². The van der Waals surface area contributed by atoms with Gasteiger partial charge in [0, 0.05) is 17.8 Å².